The summed E-state index contributed by atoms with van der Waals surface area (Å²) in [5.74, 6) is 0.208. The second-order valence-electron chi connectivity index (χ2n) is 22.9. The van der Waals surface area contributed by atoms with Crippen molar-refractivity contribution in [2.75, 3.05) is 106 Å². The van der Waals surface area contributed by atoms with Gasteiger partial charge in [-0.25, -0.2) is 22.8 Å². The van der Waals surface area contributed by atoms with Crippen molar-refractivity contribution in [1.82, 2.24) is 29.7 Å². The molecule has 0 bridgehead atoms. The number of H-pyrrole nitrogens is 2. The van der Waals surface area contributed by atoms with Crippen LogP contribution < -0.4 is 35.7 Å². The van der Waals surface area contributed by atoms with Crippen molar-refractivity contribution in [1.29, 1.82) is 0 Å². The number of anilines is 3. The van der Waals surface area contributed by atoms with E-state index in [-0.39, 0.29) is 17.5 Å². The number of nitrogens with zero attached hydrogens (tertiary/aromatic N) is 7. The van der Waals surface area contributed by atoms with E-state index in [4.69, 9.17) is 18.3 Å². The number of hydrogen-bond donors (Lipinski definition) is 2. The quantitative estimate of drug-likeness (QED) is 0.120. The molecule has 0 radical (unpaired) electrons. The molecule has 15 nitrogen and oxygen atoms in total. The Balaban J connectivity index is 0.000000124. The molecule has 7 heterocycles. The first-order chi connectivity index (χ1) is 44.1. The molecule has 0 saturated carbocycles. The summed E-state index contributed by atoms with van der Waals surface area (Å²) in [6.07, 6.45) is 1.80. The minimum Gasteiger partial charge on any atom is -0.486 e. The highest BCUT2D eigenvalue weighted by Gasteiger charge is 2.26. The summed E-state index contributed by atoms with van der Waals surface area (Å²) >= 11 is 0. The summed E-state index contributed by atoms with van der Waals surface area (Å²) in [4.78, 5) is 47.2. The van der Waals surface area contributed by atoms with Gasteiger partial charge in [0.25, 0.3) is 0 Å². The largest absolute Gasteiger partial charge is 0.486 e. The number of halogens is 3. The Bertz CT molecular complexity index is 4140. The van der Waals surface area contributed by atoms with E-state index in [1.54, 1.807) is 18.3 Å². The van der Waals surface area contributed by atoms with Gasteiger partial charge in [-0.3, -0.25) is 29.7 Å². The summed E-state index contributed by atoms with van der Waals surface area (Å²) in [5, 5.41) is 0. The van der Waals surface area contributed by atoms with E-state index in [2.05, 4.69) is 105 Å². The van der Waals surface area contributed by atoms with Gasteiger partial charge in [0, 0.05) is 110 Å². The van der Waals surface area contributed by atoms with E-state index >= 15 is 0 Å². The fourth-order valence-electron chi connectivity index (χ4n) is 12.3. The second kappa shape index (κ2) is 27.2. The topological polar surface area (TPSA) is 143 Å². The Labute approximate surface area is 518 Å². The molecule has 3 fully saturated rings. The van der Waals surface area contributed by atoms with E-state index in [0.717, 1.165) is 171 Å². The zero-order valence-corrected chi connectivity index (χ0v) is 49.7. The van der Waals surface area contributed by atoms with Crippen LogP contribution in [-0.2, 0) is 19.6 Å². The Kier molecular flexibility index (Phi) is 17.9. The maximum atomic E-state index is 13.2. The van der Waals surface area contributed by atoms with Crippen molar-refractivity contribution in [2.24, 2.45) is 0 Å². The number of ether oxygens (including phenoxy) is 2. The minimum absolute atomic E-state index is 0.204. The smallest absolute Gasteiger partial charge is 0.417 e. The van der Waals surface area contributed by atoms with Crippen LogP contribution >= 0.6 is 0 Å². The van der Waals surface area contributed by atoms with Crippen LogP contribution in [0.2, 0.25) is 0 Å². The van der Waals surface area contributed by atoms with Crippen LogP contribution in [0.15, 0.2) is 213 Å². The lowest BCUT2D eigenvalue weighted by Crippen LogP contribution is -2.46. The molecule has 0 atom stereocenters. The van der Waals surface area contributed by atoms with Gasteiger partial charge in [-0.2, -0.15) is 0 Å². The lowest BCUT2D eigenvalue weighted by Gasteiger charge is -2.37. The van der Waals surface area contributed by atoms with Gasteiger partial charge >= 0.3 is 11.5 Å². The molecule has 0 unspecified atom stereocenters. The van der Waals surface area contributed by atoms with Gasteiger partial charge < -0.3 is 33.0 Å². The molecule has 3 aromatic heterocycles. The zero-order valence-electron chi connectivity index (χ0n) is 49.7. The SMILES string of the molecule is Fc1ccc(-c2cccc(CN3CCN(c4cccc5c4OCCO5)CC3)c2)cc1.O=c1[nH]c2cccc(N3CCN(Cc4cccc(-c5ccc(F)cc5)c4)CC3)c2o1.O=c1[nH]c2cccc(N3CCN(Cc4ccnc(-c5ccc(F)cc5)c4)CC3)c2o1. The van der Waals surface area contributed by atoms with Crippen LogP contribution in [0.4, 0.5) is 30.2 Å². The van der Waals surface area contributed by atoms with Gasteiger partial charge in [0.15, 0.2) is 22.7 Å². The Morgan fingerprint density at radius 1 is 0.389 bits per heavy atom. The molecular weight excluding hydrogens is 1140 g/mol. The van der Waals surface area contributed by atoms with Crippen LogP contribution in [-0.4, -0.2) is 121 Å². The standard InChI is InChI=1S/C25H25FN2O2.C24H22FN3O2.C23H21FN4O2/c26-22-9-7-20(8-10-22)21-4-1-3-19(17-21)18-27-11-13-28(14-12-27)23-5-2-6-24-25(23)30-16-15-29-24;25-20-9-7-18(8-10-20)19-4-1-3-17(15-19)16-27-11-13-28(14-12-27)22-6-2-5-21-23(22)30-24(29)26-21;24-18-6-4-17(5-7-18)20-14-16(8-9-25-20)15-27-10-12-28(13-11-27)21-3-1-2-19-22(21)30-23(29)26-19/h1-10,17H,11-16,18H2;1-10,15H,11-14,16H2,(H,26,29);1-9,14H,10-13,15H2,(H,26,29). The van der Waals surface area contributed by atoms with Crippen molar-refractivity contribution in [3.63, 3.8) is 0 Å². The molecule has 18 heteroatoms. The molecule has 90 heavy (non-hydrogen) atoms. The number of benzene rings is 8. The lowest BCUT2D eigenvalue weighted by molar-refractivity contribution is 0.171. The van der Waals surface area contributed by atoms with Crippen LogP contribution in [0.5, 0.6) is 11.5 Å². The normalized spacial score (nSPS) is 15.5. The van der Waals surface area contributed by atoms with Gasteiger partial charge in [0.1, 0.15) is 30.7 Å². The first-order valence-corrected chi connectivity index (χ1v) is 30.5. The third-order valence-corrected chi connectivity index (χ3v) is 16.9. The summed E-state index contributed by atoms with van der Waals surface area (Å²) < 4.78 is 61.9. The molecule has 4 aliphatic heterocycles. The summed E-state index contributed by atoms with van der Waals surface area (Å²) in [7, 11) is 0. The van der Waals surface area contributed by atoms with Crippen molar-refractivity contribution in [2.45, 2.75) is 19.6 Å². The van der Waals surface area contributed by atoms with Crippen molar-refractivity contribution in [3.05, 3.63) is 249 Å². The predicted molar refractivity (Wildman–Crippen MR) is 347 cm³/mol. The monoisotopic (exact) mass is 1210 g/mol. The summed E-state index contributed by atoms with van der Waals surface area (Å²) in [6.45, 7) is 14.8. The van der Waals surface area contributed by atoms with Crippen LogP contribution in [0.3, 0.4) is 0 Å². The Hall–Kier alpha value is -9.88. The molecule has 2 N–H and O–H groups in total. The van der Waals surface area contributed by atoms with Crippen LogP contribution in [0.1, 0.15) is 16.7 Å². The van der Waals surface area contributed by atoms with Gasteiger partial charge in [-0.15, -0.1) is 0 Å². The Morgan fingerprint density at radius 2 is 0.789 bits per heavy atom. The van der Waals surface area contributed by atoms with Crippen molar-refractivity contribution < 1.29 is 31.5 Å². The first-order valence-electron chi connectivity index (χ1n) is 30.5. The highest BCUT2D eigenvalue weighted by Crippen LogP contribution is 2.40. The molecule has 458 valence electrons. The van der Waals surface area contributed by atoms with E-state index < -0.39 is 11.5 Å². The minimum atomic E-state index is -0.425. The van der Waals surface area contributed by atoms with Gasteiger partial charge in [0.05, 0.1) is 33.8 Å². The molecule has 0 spiro atoms. The van der Waals surface area contributed by atoms with E-state index in [9.17, 15) is 22.8 Å². The maximum Gasteiger partial charge on any atom is 0.417 e. The number of aromatic amines is 2. The summed E-state index contributed by atoms with van der Waals surface area (Å²) in [6, 6.07) is 58.5. The number of fused-ring (bicyclic) bond motifs is 3. The van der Waals surface area contributed by atoms with Gasteiger partial charge in [0.2, 0.25) is 0 Å². The number of pyridine rings is 1. The number of aromatic nitrogens is 3. The van der Waals surface area contributed by atoms with Crippen molar-refractivity contribution in [3.8, 4) is 45.0 Å². The first kappa shape index (κ1) is 59.1. The molecule has 3 saturated heterocycles. The summed E-state index contributed by atoms with van der Waals surface area (Å²) in [5.41, 5.74) is 15.5. The molecular formula is C72H68F3N9O6. The molecule has 0 aliphatic carbocycles. The number of piperazine rings is 3. The number of para-hydroxylation sites is 3. The fraction of sp³-hybridized carbons (Fsp3) is 0.236. The molecule has 0 amide bonds. The Morgan fingerprint density at radius 3 is 1.27 bits per heavy atom. The molecule has 15 rings (SSSR count). The lowest BCUT2D eigenvalue weighted by atomic mass is 10.0. The van der Waals surface area contributed by atoms with Crippen LogP contribution in [0, 0.1) is 17.5 Å². The van der Waals surface area contributed by atoms with Crippen molar-refractivity contribution >= 4 is 39.3 Å². The number of oxazole rings is 2. The number of nitrogens with one attached hydrogen (secondary N) is 2. The third kappa shape index (κ3) is 14.2. The highest BCUT2D eigenvalue weighted by atomic mass is 19.1. The van der Waals surface area contributed by atoms with Gasteiger partial charge in [-0.05, 0) is 148 Å². The second-order valence-corrected chi connectivity index (χ2v) is 22.9. The van der Waals surface area contributed by atoms with E-state index in [1.807, 2.05) is 78.9 Å². The number of hydrogen-bond acceptors (Lipinski definition) is 13. The molecule has 8 aromatic carbocycles. The fourth-order valence-corrected chi connectivity index (χ4v) is 12.3. The molecule has 4 aliphatic rings. The van der Waals surface area contributed by atoms with Gasteiger partial charge in [-0.1, -0.05) is 78.9 Å². The third-order valence-electron chi connectivity index (χ3n) is 16.9. The predicted octanol–water partition coefficient (Wildman–Crippen LogP) is 12.5. The maximum absolute atomic E-state index is 13.2. The highest BCUT2D eigenvalue weighted by molar-refractivity contribution is 5.87. The number of rotatable bonds is 12. The average Bonchev–Trinajstić information content (AvgIpc) is 2.02. The zero-order chi connectivity index (χ0) is 61.3. The average molecular weight is 1210 g/mol. The molecule has 11 aromatic rings. The van der Waals surface area contributed by atoms with E-state index in [0.29, 0.717) is 24.4 Å². The van der Waals surface area contributed by atoms with Crippen LogP contribution in [0.25, 0.3) is 55.7 Å². The van der Waals surface area contributed by atoms with E-state index in [1.165, 1.54) is 53.1 Å².